The number of ether oxygens (including phenoxy) is 2. The first kappa shape index (κ1) is 19.2. The van der Waals surface area contributed by atoms with E-state index in [1.165, 1.54) is 31.5 Å². The zero-order chi connectivity index (χ0) is 18.9. The maximum Gasteiger partial charge on any atom is 0.258 e. The fraction of sp³-hybridized carbons (Fsp3) is 0.409. The third-order valence-electron chi connectivity index (χ3n) is 4.78. The van der Waals surface area contributed by atoms with Gasteiger partial charge in [-0.05, 0) is 36.8 Å². The summed E-state index contributed by atoms with van der Waals surface area (Å²) >= 11 is 0. The first-order valence-electron chi connectivity index (χ1n) is 9.76. The number of likely N-dealkylation sites (tertiary alicyclic amines) is 1. The molecule has 2 aromatic carbocycles. The Balaban J connectivity index is 1.38. The molecule has 144 valence electrons. The molecule has 1 heterocycles. The first-order valence-corrected chi connectivity index (χ1v) is 9.76. The van der Waals surface area contributed by atoms with Gasteiger partial charge in [-0.15, -0.1) is 0 Å². The lowest BCUT2D eigenvalue weighted by molar-refractivity contribution is -0.901. The lowest BCUT2D eigenvalue weighted by atomic mass is 10.1. The molecule has 0 bridgehead atoms. The number of rotatable bonds is 9. The van der Waals surface area contributed by atoms with Gasteiger partial charge in [0, 0.05) is 24.9 Å². The fourth-order valence-corrected chi connectivity index (χ4v) is 3.31. The number of quaternary nitrogens is 1. The average Bonchev–Trinajstić information content (AvgIpc) is 3.20. The van der Waals surface area contributed by atoms with Crippen LogP contribution >= 0.6 is 0 Å². The second-order valence-corrected chi connectivity index (χ2v) is 6.92. The summed E-state index contributed by atoms with van der Waals surface area (Å²) in [6.45, 7) is 6.76. The SMILES string of the molecule is CCOc1ccc(OCC(=O)NCc2ccc(C[NH+]3CCCC3)cc2)cc1. The molecule has 0 saturated carbocycles. The summed E-state index contributed by atoms with van der Waals surface area (Å²) in [6.07, 6.45) is 2.69. The second kappa shape index (κ2) is 9.97. The minimum atomic E-state index is -0.130. The van der Waals surface area contributed by atoms with E-state index >= 15 is 0 Å². The molecule has 1 amide bonds. The molecule has 27 heavy (non-hydrogen) atoms. The predicted octanol–water partition coefficient (Wildman–Crippen LogP) is 1.96. The molecule has 2 N–H and O–H groups in total. The number of amides is 1. The van der Waals surface area contributed by atoms with E-state index in [9.17, 15) is 4.79 Å². The zero-order valence-corrected chi connectivity index (χ0v) is 16.0. The molecular formula is C22H29N2O3+. The van der Waals surface area contributed by atoms with Crippen LogP contribution in [0.15, 0.2) is 48.5 Å². The molecular weight excluding hydrogens is 340 g/mol. The van der Waals surface area contributed by atoms with Gasteiger partial charge in [0.25, 0.3) is 5.91 Å². The number of nitrogens with one attached hydrogen (secondary N) is 2. The third kappa shape index (κ3) is 6.29. The van der Waals surface area contributed by atoms with E-state index in [0.717, 1.165) is 17.9 Å². The van der Waals surface area contributed by atoms with E-state index in [0.29, 0.717) is 18.9 Å². The fourth-order valence-electron chi connectivity index (χ4n) is 3.31. The largest absolute Gasteiger partial charge is 0.494 e. The van der Waals surface area contributed by atoms with Crippen LogP contribution < -0.4 is 19.7 Å². The van der Waals surface area contributed by atoms with Gasteiger partial charge in [-0.25, -0.2) is 0 Å². The predicted molar refractivity (Wildman–Crippen MR) is 105 cm³/mol. The number of carbonyl (C=O) groups excluding carboxylic acids is 1. The summed E-state index contributed by atoms with van der Waals surface area (Å²) in [5, 5.41) is 2.90. The van der Waals surface area contributed by atoms with E-state index in [-0.39, 0.29) is 12.5 Å². The van der Waals surface area contributed by atoms with Gasteiger partial charge in [0.15, 0.2) is 6.61 Å². The van der Waals surface area contributed by atoms with E-state index in [4.69, 9.17) is 9.47 Å². The van der Waals surface area contributed by atoms with Crippen LogP contribution in [0.25, 0.3) is 0 Å². The van der Waals surface area contributed by atoms with Crippen molar-refractivity contribution in [3.8, 4) is 11.5 Å². The highest BCUT2D eigenvalue weighted by Crippen LogP contribution is 2.17. The summed E-state index contributed by atoms with van der Waals surface area (Å²) in [7, 11) is 0. The standard InChI is InChI=1S/C22H28N2O3/c1-2-26-20-9-11-21(12-10-20)27-17-22(25)23-15-18-5-7-19(8-6-18)16-24-13-3-4-14-24/h5-12H,2-4,13-17H2,1H3,(H,23,25)/p+1. The Bertz CT molecular complexity index is 707. The number of carbonyl (C=O) groups is 1. The maximum absolute atomic E-state index is 12.0. The van der Waals surface area contributed by atoms with Crippen molar-refractivity contribution in [3.05, 3.63) is 59.7 Å². The Morgan fingerprint density at radius 3 is 2.15 bits per heavy atom. The minimum Gasteiger partial charge on any atom is -0.494 e. The smallest absolute Gasteiger partial charge is 0.258 e. The monoisotopic (exact) mass is 369 g/mol. The Labute approximate surface area is 161 Å². The summed E-state index contributed by atoms with van der Waals surface area (Å²) in [5.41, 5.74) is 2.46. The van der Waals surface area contributed by atoms with Gasteiger partial charge >= 0.3 is 0 Å². The van der Waals surface area contributed by atoms with Gasteiger partial charge in [-0.1, -0.05) is 24.3 Å². The third-order valence-corrected chi connectivity index (χ3v) is 4.78. The topological polar surface area (TPSA) is 52.0 Å². The van der Waals surface area contributed by atoms with Crippen LogP contribution in [0.3, 0.4) is 0 Å². The van der Waals surface area contributed by atoms with Gasteiger partial charge in [-0.3, -0.25) is 4.79 Å². The van der Waals surface area contributed by atoms with Crippen molar-refractivity contribution in [3.63, 3.8) is 0 Å². The van der Waals surface area contributed by atoms with E-state index in [1.807, 2.05) is 19.1 Å². The van der Waals surface area contributed by atoms with Gasteiger partial charge in [0.1, 0.15) is 18.0 Å². The van der Waals surface area contributed by atoms with Crippen molar-refractivity contribution in [1.82, 2.24) is 5.32 Å². The molecule has 3 rings (SSSR count). The normalized spacial score (nSPS) is 14.1. The molecule has 0 radical (unpaired) electrons. The quantitative estimate of drug-likeness (QED) is 0.711. The van der Waals surface area contributed by atoms with Crippen LogP contribution in [-0.4, -0.2) is 32.2 Å². The molecule has 1 saturated heterocycles. The van der Waals surface area contributed by atoms with Gasteiger partial charge < -0.3 is 19.7 Å². The summed E-state index contributed by atoms with van der Waals surface area (Å²) in [5.74, 6) is 1.32. The molecule has 0 aliphatic carbocycles. The lowest BCUT2D eigenvalue weighted by Crippen LogP contribution is -3.08. The molecule has 1 fully saturated rings. The lowest BCUT2D eigenvalue weighted by Gasteiger charge is -2.12. The number of hydrogen-bond donors (Lipinski definition) is 2. The van der Waals surface area contributed by atoms with Crippen molar-refractivity contribution < 1.29 is 19.2 Å². The Kier molecular flexibility index (Phi) is 7.11. The number of hydrogen-bond acceptors (Lipinski definition) is 3. The zero-order valence-electron chi connectivity index (χ0n) is 16.0. The summed E-state index contributed by atoms with van der Waals surface area (Å²) in [4.78, 5) is 13.7. The van der Waals surface area contributed by atoms with Crippen LogP contribution in [0.4, 0.5) is 0 Å². The summed E-state index contributed by atoms with van der Waals surface area (Å²) < 4.78 is 10.9. The molecule has 1 aliphatic rings. The van der Waals surface area contributed by atoms with Crippen molar-refractivity contribution in [2.75, 3.05) is 26.3 Å². The van der Waals surface area contributed by atoms with Crippen LogP contribution in [0, 0.1) is 0 Å². The van der Waals surface area contributed by atoms with Gasteiger partial charge in [0.05, 0.1) is 19.7 Å². The highest BCUT2D eigenvalue weighted by molar-refractivity contribution is 5.77. The number of benzene rings is 2. The van der Waals surface area contributed by atoms with Crippen molar-refractivity contribution in [2.24, 2.45) is 0 Å². The maximum atomic E-state index is 12.0. The first-order chi connectivity index (χ1) is 13.2. The Hall–Kier alpha value is -2.53. The molecule has 0 atom stereocenters. The molecule has 5 nitrogen and oxygen atoms in total. The van der Waals surface area contributed by atoms with Crippen molar-refractivity contribution >= 4 is 5.91 Å². The molecule has 1 aliphatic heterocycles. The van der Waals surface area contributed by atoms with Gasteiger partial charge in [0.2, 0.25) is 0 Å². The summed E-state index contributed by atoms with van der Waals surface area (Å²) in [6, 6.07) is 15.8. The highest BCUT2D eigenvalue weighted by Gasteiger charge is 2.15. The Morgan fingerprint density at radius 2 is 1.52 bits per heavy atom. The van der Waals surface area contributed by atoms with E-state index in [1.54, 1.807) is 17.0 Å². The average molecular weight is 369 g/mol. The van der Waals surface area contributed by atoms with E-state index in [2.05, 4.69) is 29.6 Å². The molecule has 0 spiro atoms. The van der Waals surface area contributed by atoms with Gasteiger partial charge in [-0.2, -0.15) is 0 Å². The molecule has 5 heteroatoms. The molecule has 2 aromatic rings. The Morgan fingerprint density at radius 1 is 0.926 bits per heavy atom. The van der Waals surface area contributed by atoms with Crippen LogP contribution in [0.1, 0.15) is 30.9 Å². The van der Waals surface area contributed by atoms with Crippen molar-refractivity contribution in [1.29, 1.82) is 0 Å². The highest BCUT2D eigenvalue weighted by atomic mass is 16.5. The minimum absolute atomic E-state index is 0.00435. The van der Waals surface area contributed by atoms with Crippen LogP contribution in [-0.2, 0) is 17.9 Å². The second-order valence-electron chi connectivity index (χ2n) is 6.92. The van der Waals surface area contributed by atoms with Crippen molar-refractivity contribution in [2.45, 2.75) is 32.9 Å². The molecule has 0 aromatic heterocycles. The van der Waals surface area contributed by atoms with Crippen LogP contribution in [0.5, 0.6) is 11.5 Å². The van der Waals surface area contributed by atoms with Crippen LogP contribution in [0.2, 0.25) is 0 Å². The molecule has 0 unspecified atom stereocenters. The van der Waals surface area contributed by atoms with E-state index < -0.39 is 0 Å².